The van der Waals surface area contributed by atoms with E-state index < -0.39 is 0 Å². The highest BCUT2D eigenvalue weighted by Crippen LogP contribution is 2.33. The quantitative estimate of drug-likeness (QED) is 0.880. The molecule has 0 saturated carbocycles. The summed E-state index contributed by atoms with van der Waals surface area (Å²) in [6.45, 7) is 6.20. The Kier molecular flexibility index (Phi) is 3.57. The maximum atomic E-state index is 6.10. The van der Waals surface area contributed by atoms with Gasteiger partial charge in [0.1, 0.15) is 11.6 Å². The average molecular weight is 286 g/mol. The number of nitrogens with zero attached hydrogens (tertiary/aromatic N) is 3. The van der Waals surface area contributed by atoms with E-state index in [9.17, 15) is 0 Å². The van der Waals surface area contributed by atoms with E-state index in [4.69, 9.17) is 10.5 Å². The number of nitrogens with two attached hydrogens (primary N) is 1. The number of ether oxygens (including phenoxy) is 1. The first-order valence-corrected chi connectivity index (χ1v) is 7.56. The van der Waals surface area contributed by atoms with Gasteiger partial charge in [0.15, 0.2) is 5.82 Å². The van der Waals surface area contributed by atoms with E-state index >= 15 is 0 Å². The predicted octanol–water partition coefficient (Wildman–Crippen LogP) is 3.21. The van der Waals surface area contributed by atoms with Crippen molar-refractivity contribution in [2.24, 2.45) is 0 Å². The normalized spacial score (nSPS) is 17.8. The van der Waals surface area contributed by atoms with Crippen molar-refractivity contribution in [2.75, 3.05) is 5.73 Å². The Labute approximate surface area is 125 Å². The van der Waals surface area contributed by atoms with Crippen molar-refractivity contribution in [3.63, 3.8) is 0 Å². The lowest BCUT2D eigenvalue weighted by Crippen LogP contribution is -2.16. The van der Waals surface area contributed by atoms with Gasteiger partial charge in [-0.2, -0.15) is 0 Å². The Morgan fingerprint density at radius 2 is 2.14 bits per heavy atom. The molecule has 1 aliphatic rings. The molecule has 0 fully saturated rings. The first-order valence-electron chi connectivity index (χ1n) is 7.56. The van der Waals surface area contributed by atoms with Gasteiger partial charge >= 0.3 is 0 Å². The predicted molar refractivity (Wildman–Crippen MR) is 83.3 cm³/mol. The maximum absolute atomic E-state index is 6.10. The summed E-state index contributed by atoms with van der Waals surface area (Å²) in [5.74, 6) is 2.70. The highest BCUT2D eigenvalue weighted by atomic mass is 16.5. The standard InChI is InChI=1S/C16H22N4O/c1-10(2)21-14-8-7-12(9-13(14)17)16-19-18-15-6-4-5-11(3)20(15)16/h7-11H,4-6,17H2,1-3H3. The zero-order valence-electron chi connectivity index (χ0n) is 12.8. The van der Waals surface area contributed by atoms with Crippen molar-refractivity contribution in [1.82, 2.24) is 14.8 Å². The number of hydrogen-bond acceptors (Lipinski definition) is 4. The third kappa shape index (κ3) is 2.60. The summed E-state index contributed by atoms with van der Waals surface area (Å²) in [5, 5.41) is 8.69. The van der Waals surface area contributed by atoms with Gasteiger partial charge in [0.2, 0.25) is 0 Å². The van der Waals surface area contributed by atoms with Crippen LogP contribution in [-0.4, -0.2) is 20.9 Å². The number of hydrogen-bond donors (Lipinski definition) is 1. The number of anilines is 1. The number of aromatic nitrogens is 3. The Morgan fingerprint density at radius 1 is 1.33 bits per heavy atom. The number of fused-ring (bicyclic) bond motifs is 1. The summed E-state index contributed by atoms with van der Waals surface area (Å²) in [4.78, 5) is 0. The Morgan fingerprint density at radius 3 is 2.86 bits per heavy atom. The van der Waals surface area contributed by atoms with Gasteiger partial charge < -0.3 is 15.0 Å². The molecule has 2 heterocycles. The van der Waals surface area contributed by atoms with Gasteiger partial charge in [0.25, 0.3) is 0 Å². The second-order valence-electron chi connectivity index (χ2n) is 5.97. The molecule has 1 aromatic carbocycles. The lowest BCUT2D eigenvalue weighted by molar-refractivity contribution is 0.244. The molecule has 21 heavy (non-hydrogen) atoms. The molecule has 0 spiro atoms. The number of nitrogen functional groups attached to an aromatic ring is 1. The fourth-order valence-electron chi connectivity index (χ4n) is 2.89. The van der Waals surface area contributed by atoms with Crippen LogP contribution in [0.15, 0.2) is 18.2 Å². The highest BCUT2D eigenvalue weighted by Gasteiger charge is 2.22. The van der Waals surface area contributed by atoms with Crippen molar-refractivity contribution < 1.29 is 4.74 Å². The molecule has 1 aromatic heterocycles. The molecule has 5 nitrogen and oxygen atoms in total. The third-order valence-corrected chi connectivity index (χ3v) is 3.86. The summed E-state index contributed by atoms with van der Waals surface area (Å²) >= 11 is 0. The van der Waals surface area contributed by atoms with E-state index in [1.54, 1.807) is 0 Å². The van der Waals surface area contributed by atoms with Crippen LogP contribution in [-0.2, 0) is 6.42 Å². The third-order valence-electron chi connectivity index (χ3n) is 3.86. The molecule has 0 aliphatic carbocycles. The molecule has 2 aromatic rings. The maximum Gasteiger partial charge on any atom is 0.164 e. The monoisotopic (exact) mass is 286 g/mol. The summed E-state index contributed by atoms with van der Waals surface area (Å²) in [6.07, 6.45) is 3.46. The van der Waals surface area contributed by atoms with Crippen molar-refractivity contribution in [3.05, 3.63) is 24.0 Å². The first kappa shape index (κ1) is 13.9. The summed E-state index contributed by atoms with van der Waals surface area (Å²) < 4.78 is 7.92. The molecule has 1 atom stereocenters. The van der Waals surface area contributed by atoms with E-state index in [0.29, 0.717) is 11.7 Å². The highest BCUT2D eigenvalue weighted by molar-refractivity contribution is 5.66. The van der Waals surface area contributed by atoms with Crippen LogP contribution in [0.5, 0.6) is 5.75 Å². The zero-order chi connectivity index (χ0) is 15.0. The average Bonchev–Trinajstić information content (AvgIpc) is 2.86. The van der Waals surface area contributed by atoms with Crippen LogP contribution in [0.4, 0.5) is 5.69 Å². The van der Waals surface area contributed by atoms with Crippen molar-refractivity contribution >= 4 is 5.69 Å². The van der Waals surface area contributed by atoms with Crippen molar-refractivity contribution in [1.29, 1.82) is 0 Å². The number of aryl methyl sites for hydroxylation is 1. The molecule has 2 N–H and O–H groups in total. The first-order chi connectivity index (χ1) is 10.1. The van der Waals surface area contributed by atoms with Crippen molar-refractivity contribution in [3.8, 4) is 17.1 Å². The topological polar surface area (TPSA) is 66.0 Å². The van der Waals surface area contributed by atoms with Gasteiger partial charge in [-0.1, -0.05) is 0 Å². The molecule has 1 unspecified atom stereocenters. The molecular formula is C16H22N4O. The minimum Gasteiger partial charge on any atom is -0.489 e. The molecule has 0 amide bonds. The van der Waals surface area contributed by atoms with E-state index in [2.05, 4.69) is 21.7 Å². The molecule has 0 bridgehead atoms. The van der Waals surface area contributed by atoms with E-state index in [1.807, 2.05) is 32.0 Å². The van der Waals surface area contributed by atoms with Crippen LogP contribution < -0.4 is 10.5 Å². The Hall–Kier alpha value is -2.04. The minimum atomic E-state index is 0.110. The second-order valence-corrected chi connectivity index (χ2v) is 5.97. The summed E-state index contributed by atoms with van der Waals surface area (Å²) in [5.41, 5.74) is 7.74. The van der Waals surface area contributed by atoms with Crippen LogP contribution in [0.1, 0.15) is 45.5 Å². The van der Waals surface area contributed by atoms with Crippen LogP contribution in [0, 0.1) is 0 Å². The molecule has 5 heteroatoms. The Balaban J connectivity index is 1.98. The zero-order valence-corrected chi connectivity index (χ0v) is 12.8. The molecule has 1 aliphatic heterocycles. The van der Waals surface area contributed by atoms with E-state index in [-0.39, 0.29) is 6.10 Å². The smallest absolute Gasteiger partial charge is 0.164 e. The minimum absolute atomic E-state index is 0.110. The van der Waals surface area contributed by atoms with Crippen LogP contribution >= 0.6 is 0 Å². The summed E-state index contributed by atoms with van der Waals surface area (Å²) in [6, 6.07) is 6.29. The van der Waals surface area contributed by atoms with Gasteiger partial charge in [0, 0.05) is 18.0 Å². The fourth-order valence-corrected chi connectivity index (χ4v) is 2.89. The SMILES string of the molecule is CC(C)Oc1ccc(-c2nnc3n2C(C)CCC3)cc1N. The Bertz CT molecular complexity index is 648. The lowest BCUT2D eigenvalue weighted by atomic mass is 10.0. The number of rotatable bonds is 3. The van der Waals surface area contributed by atoms with Crippen LogP contribution in [0.3, 0.4) is 0 Å². The number of benzene rings is 1. The van der Waals surface area contributed by atoms with Gasteiger partial charge in [-0.15, -0.1) is 10.2 Å². The molecule has 112 valence electrons. The lowest BCUT2D eigenvalue weighted by Gasteiger charge is -2.22. The van der Waals surface area contributed by atoms with Crippen molar-refractivity contribution in [2.45, 2.75) is 52.2 Å². The largest absolute Gasteiger partial charge is 0.489 e. The van der Waals surface area contributed by atoms with Gasteiger partial charge in [-0.05, 0) is 51.8 Å². The van der Waals surface area contributed by atoms with Crippen LogP contribution in [0.25, 0.3) is 11.4 Å². The molecular weight excluding hydrogens is 264 g/mol. The van der Waals surface area contributed by atoms with Gasteiger partial charge in [-0.25, -0.2) is 0 Å². The molecule has 0 saturated heterocycles. The van der Waals surface area contributed by atoms with E-state index in [0.717, 1.165) is 29.4 Å². The molecule has 3 rings (SSSR count). The van der Waals surface area contributed by atoms with E-state index in [1.165, 1.54) is 12.8 Å². The second kappa shape index (κ2) is 5.39. The summed E-state index contributed by atoms with van der Waals surface area (Å²) in [7, 11) is 0. The fraction of sp³-hybridized carbons (Fsp3) is 0.500. The van der Waals surface area contributed by atoms with Gasteiger partial charge in [-0.3, -0.25) is 0 Å². The molecule has 0 radical (unpaired) electrons. The van der Waals surface area contributed by atoms with Crippen LogP contribution in [0.2, 0.25) is 0 Å². The van der Waals surface area contributed by atoms with Gasteiger partial charge in [0.05, 0.1) is 11.8 Å².